The van der Waals surface area contributed by atoms with Crippen molar-refractivity contribution in [1.29, 1.82) is 0 Å². The Morgan fingerprint density at radius 2 is 1.45 bits per heavy atom. The van der Waals surface area contributed by atoms with E-state index < -0.39 is 30.4 Å². The molecule has 3 aromatic rings. The van der Waals surface area contributed by atoms with E-state index in [4.69, 9.17) is 4.74 Å². The molecular weight excluding hydrogens is 555 g/mol. The highest BCUT2D eigenvalue weighted by molar-refractivity contribution is 5.80. The van der Waals surface area contributed by atoms with Crippen molar-refractivity contribution >= 4 is 29.7 Å². The first-order valence-corrected chi connectivity index (χ1v) is 11.4. The van der Waals surface area contributed by atoms with Crippen LogP contribution < -0.4 is 25.1 Å². The molecule has 0 radical (unpaired) electrons. The average molecular weight is 575 g/mol. The van der Waals surface area contributed by atoms with Crippen molar-refractivity contribution in [3.63, 3.8) is 0 Å². The van der Waals surface area contributed by atoms with E-state index in [1.165, 1.54) is 30.5 Å². The first kappa shape index (κ1) is 28.6. The van der Waals surface area contributed by atoms with Crippen molar-refractivity contribution in [2.24, 2.45) is 5.10 Å². The molecule has 0 bridgehead atoms. The monoisotopic (exact) mass is 575 g/mol. The molecule has 0 amide bonds. The van der Waals surface area contributed by atoms with Gasteiger partial charge in [-0.05, 0) is 54.1 Å². The van der Waals surface area contributed by atoms with E-state index in [9.17, 15) is 30.7 Å². The minimum absolute atomic E-state index is 0.00351. The summed E-state index contributed by atoms with van der Waals surface area (Å²) in [5, 5.41) is 6.87. The van der Waals surface area contributed by atoms with Crippen LogP contribution in [0.3, 0.4) is 0 Å². The maximum Gasteiger partial charge on any atom is 0.573 e. The summed E-state index contributed by atoms with van der Waals surface area (Å²) in [6.45, 7) is 1.88. The van der Waals surface area contributed by atoms with Gasteiger partial charge >= 0.3 is 18.9 Å². The predicted molar refractivity (Wildman–Crippen MR) is 129 cm³/mol. The summed E-state index contributed by atoms with van der Waals surface area (Å²) < 4.78 is 101. The number of ether oxygens (including phenoxy) is 3. The number of rotatable bonds is 10. The summed E-state index contributed by atoms with van der Waals surface area (Å²) in [6.07, 6.45) is -12.1. The number of hydrogen-bond acceptors (Lipinski definition) is 10. The number of halogens is 7. The third kappa shape index (κ3) is 8.29. The largest absolute Gasteiger partial charge is 0.573 e. The highest BCUT2D eigenvalue weighted by Crippen LogP contribution is 2.28. The summed E-state index contributed by atoms with van der Waals surface area (Å²) in [5.74, 6) is -0.528. The molecule has 1 aliphatic rings. The minimum Gasteiger partial charge on any atom is -0.428 e. The number of benzene rings is 2. The molecule has 0 unspecified atom stereocenters. The SMILES string of the molecule is FC(F)C(F)(F)Oc1ccc(C=NNc2nc(Nc3ccc(OC(F)(F)F)cc3)nc(N3CCOCC3)n2)cc1. The molecule has 0 spiro atoms. The van der Waals surface area contributed by atoms with Crippen LogP contribution in [0.5, 0.6) is 11.5 Å². The summed E-state index contributed by atoms with van der Waals surface area (Å²) in [5.41, 5.74) is 3.38. The van der Waals surface area contributed by atoms with Crippen LogP contribution in [0, 0.1) is 0 Å². The van der Waals surface area contributed by atoms with Crippen LogP contribution in [0.1, 0.15) is 5.56 Å². The molecule has 0 atom stereocenters. The zero-order valence-corrected chi connectivity index (χ0v) is 20.2. The van der Waals surface area contributed by atoms with Crippen LogP contribution in [0.2, 0.25) is 0 Å². The normalized spacial score (nSPS) is 14.4. The number of hydrogen-bond donors (Lipinski definition) is 2. The number of alkyl halides is 7. The summed E-state index contributed by atoms with van der Waals surface area (Å²) in [4.78, 5) is 14.7. The topological polar surface area (TPSA) is 106 Å². The van der Waals surface area contributed by atoms with Gasteiger partial charge in [0.25, 0.3) is 0 Å². The van der Waals surface area contributed by atoms with Gasteiger partial charge in [0.15, 0.2) is 0 Å². The fraction of sp³-hybridized carbons (Fsp3) is 0.304. The first-order valence-electron chi connectivity index (χ1n) is 11.4. The van der Waals surface area contributed by atoms with Crippen molar-refractivity contribution in [1.82, 2.24) is 15.0 Å². The van der Waals surface area contributed by atoms with Crippen molar-refractivity contribution in [3.8, 4) is 11.5 Å². The molecule has 2 aromatic carbocycles. The Hall–Kier alpha value is -4.41. The van der Waals surface area contributed by atoms with Crippen LogP contribution in [0.15, 0.2) is 53.6 Å². The molecule has 10 nitrogen and oxygen atoms in total. The maximum absolute atomic E-state index is 13.0. The molecule has 1 aliphatic heterocycles. The van der Waals surface area contributed by atoms with E-state index in [0.717, 1.165) is 24.3 Å². The summed E-state index contributed by atoms with van der Waals surface area (Å²) >= 11 is 0. The smallest absolute Gasteiger partial charge is 0.428 e. The van der Waals surface area contributed by atoms with E-state index in [-0.39, 0.29) is 17.8 Å². The second-order valence-electron chi connectivity index (χ2n) is 7.98. The van der Waals surface area contributed by atoms with Crippen LogP contribution >= 0.6 is 0 Å². The molecule has 4 rings (SSSR count). The zero-order chi connectivity index (χ0) is 28.8. The standard InChI is InChI=1S/C23H20F7N7O3/c24-18(25)22(26,27)39-16-5-1-14(2-6-16)13-31-36-20-33-19(34-21(35-20)37-9-11-38-12-10-37)32-15-3-7-17(8-4-15)40-23(28,29)30/h1-8,13,18H,9-12H2,(H2,32,33,34,35,36). The maximum atomic E-state index is 13.0. The molecule has 2 heterocycles. The number of morpholine rings is 1. The van der Waals surface area contributed by atoms with Gasteiger partial charge in [0.05, 0.1) is 19.4 Å². The Labute approximate surface area is 221 Å². The van der Waals surface area contributed by atoms with Gasteiger partial charge in [-0.3, -0.25) is 0 Å². The second kappa shape index (κ2) is 12.2. The van der Waals surface area contributed by atoms with Gasteiger partial charge in [0.2, 0.25) is 17.8 Å². The van der Waals surface area contributed by atoms with Crippen LogP contribution in [0.4, 0.5) is 54.3 Å². The van der Waals surface area contributed by atoms with Gasteiger partial charge < -0.3 is 24.4 Å². The van der Waals surface area contributed by atoms with Gasteiger partial charge in [-0.25, -0.2) is 5.43 Å². The van der Waals surface area contributed by atoms with Crippen molar-refractivity contribution in [2.75, 3.05) is 41.9 Å². The fourth-order valence-corrected chi connectivity index (χ4v) is 3.23. The Morgan fingerprint density at radius 1 is 0.850 bits per heavy atom. The quantitative estimate of drug-likeness (QED) is 0.196. The molecule has 40 heavy (non-hydrogen) atoms. The lowest BCUT2D eigenvalue weighted by atomic mass is 10.2. The molecule has 0 saturated carbocycles. The summed E-state index contributed by atoms with van der Waals surface area (Å²) in [6, 6.07) is 9.70. The molecule has 2 N–H and O–H groups in total. The predicted octanol–water partition coefficient (Wildman–Crippen LogP) is 5.03. The number of nitrogens with zero attached hydrogens (tertiary/aromatic N) is 5. The Balaban J connectivity index is 1.47. The molecule has 1 saturated heterocycles. The van der Waals surface area contributed by atoms with Gasteiger partial charge in [-0.1, -0.05) is 0 Å². The second-order valence-corrected chi connectivity index (χ2v) is 7.98. The Kier molecular flexibility index (Phi) is 8.71. The van der Waals surface area contributed by atoms with E-state index in [0.29, 0.717) is 37.6 Å². The van der Waals surface area contributed by atoms with E-state index in [1.807, 2.05) is 4.90 Å². The third-order valence-corrected chi connectivity index (χ3v) is 5.03. The van der Waals surface area contributed by atoms with E-state index in [2.05, 4.69) is 40.3 Å². The Bertz CT molecular complexity index is 1290. The van der Waals surface area contributed by atoms with Crippen LogP contribution in [-0.4, -0.2) is 66.4 Å². The minimum atomic E-state index is -4.82. The zero-order valence-electron chi connectivity index (χ0n) is 20.2. The summed E-state index contributed by atoms with van der Waals surface area (Å²) in [7, 11) is 0. The van der Waals surface area contributed by atoms with E-state index >= 15 is 0 Å². The lowest BCUT2D eigenvalue weighted by Crippen LogP contribution is -2.37. The van der Waals surface area contributed by atoms with Crippen molar-refractivity contribution < 1.29 is 44.9 Å². The number of nitrogens with one attached hydrogen (secondary N) is 2. The molecule has 17 heteroatoms. The van der Waals surface area contributed by atoms with Crippen LogP contribution in [-0.2, 0) is 4.74 Å². The van der Waals surface area contributed by atoms with Crippen molar-refractivity contribution in [3.05, 3.63) is 54.1 Å². The van der Waals surface area contributed by atoms with Crippen LogP contribution in [0.25, 0.3) is 0 Å². The lowest BCUT2D eigenvalue weighted by molar-refractivity contribution is -0.274. The lowest BCUT2D eigenvalue weighted by Gasteiger charge is -2.27. The van der Waals surface area contributed by atoms with Gasteiger partial charge in [-0.2, -0.15) is 37.6 Å². The molecule has 1 fully saturated rings. The molecule has 0 aliphatic carbocycles. The highest BCUT2D eigenvalue weighted by atomic mass is 19.4. The molecule has 214 valence electrons. The Morgan fingerprint density at radius 3 is 2.08 bits per heavy atom. The van der Waals surface area contributed by atoms with Crippen molar-refractivity contribution in [2.45, 2.75) is 18.9 Å². The number of hydrazone groups is 1. The van der Waals surface area contributed by atoms with Gasteiger partial charge in [0.1, 0.15) is 11.5 Å². The molecule has 1 aromatic heterocycles. The number of aromatic nitrogens is 3. The van der Waals surface area contributed by atoms with Gasteiger partial charge in [0, 0.05) is 18.8 Å². The van der Waals surface area contributed by atoms with Gasteiger partial charge in [-0.15, -0.1) is 13.2 Å². The number of anilines is 4. The average Bonchev–Trinajstić information content (AvgIpc) is 2.90. The fourth-order valence-electron chi connectivity index (χ4n) is 3.23. The molecular formula is C23H20F7N7O3. The van der Waals surface area contributed by atoms with E-state index in [1.54, 1.807) is 0 Å². The third-order valence-electron chi connectivity index (χ3n) is 5.03. The first-order chi connectivity index (χ1) is 19.0. The highest BCUT2D eigenvalue weighted by Gasteiger charge is 2.43.